The van der Waals surface area contributed by atoms with Crippen LogP contribution in [0.3, 0.4) is 0 Å². The average molecular weight is 508 g/mol. The first-order chi connectivity index (χ1) is 15.0. The summed E-state index contributed by atoms with van der Waals surface area (Å²) in [5, 5.41) is 2.76. The fourth-order valence-electron chi connectivity index (χ4n) is 2.92. The van der Waals surface area contributed by atoms with Gasteiger partial charge in [0.05, 0.1) is 0 Å². The molecule has 1 saturated heterocycles. The number of nitrogens with one attached hydrogen (secondary N) is 1. The second-order valence-electron chi connectivity index (χ2n) is 10.0. The van der Waals surface area contributed by atoms with E-state index in [1.165, 1.54) is 4.90 Å². The smallest absolute Gasteiger partial charge is 0.243 e. The van der Waals surface area contributed by atoms with E-state index in [9.17, 15) is 22.8 Å². The van der Waals surface area contributed by atoms with E-state index < -0.39 is 29.5 Å². The largest absolute Gasteiger partial charge is 0.353 e. The second kappa shape index (κ2) is 12.4. The van der Waals surface area contributed by atoms with Crippen molar-refractivity contribution in [3.63, 3.8) is 0 Å². The fourth-order valence-corrected chi connectivity index (χ4v) is 3.91. The highest BCUT2D eigenvalue weighted by molar-refractivity contribution is 8.00. The Labute approximate surface area is 204 Å². The minimum atomic E-state index is -1.27. The van der Waals surface area contributed by atoms with Gasteiger partial charge in [0.1, 0.15) is 11.9 Å². The number of halogens is 3. The number of carbonyl (C=O) groups excluding carboxylic acids is 2. The van der Waals surface area contributed by atoms with Crippen molar-refractivity contribution in [1.82, 2.24) is 10.2 Å². The third-order valence-electron chi connectivity index (χ3n) is 4.33. The van der Waals surface area contributed by atoms with Crippen LogP contribution < -0.4 is 11.1 Å². The predicted molar refractivity (Wildman–Crippen MR) is 132 cm³/mol. The van der Waals surface area contributed by atoms with Crippen molar-refractivity contribution in [2.75, 3.05) is 18.8 Å². The van der Waals surface area contributed by atoms with Gasteiger partial charge in [0.2, 0.25) is 11.8 Å². The number of benzene rings is 1. The van der Waals surface area contributed by atoms with Gasteiger partial charge in [-0.05, 0) is 18.1 Å². The summed E-state index contributed by atoms with van der Waals surface area (Å²) in [5.41, 5.74) is 5.87. The molecule has 1 aromatic carbocycles. The van der Waals surface area contributed by atoms with Gasteiger partial charge in [-0.3, -0.25) is 9.59 Å². The zero-order valence-electron chi connectivity index (χ0n) is 20.2. The van der Waals surface area contributed by atoms with Crippen LogP contribution in [0.1, 0.15) is 53.5 Å². The maximum atomic E-state index is 13.8. The number of piperazine rings is 1. The van der Waals surface area contributed by atoms with Gasteiger partial charge in [-0.15, -0.1) is 0 Å². The molecular weight excluding hydrogens is 471 g/mol. The topological polar surface area (TPSA) is 75.4 Å². The van der Waals surface area contributed by atoms with Crippen molar-refractivity contribution in [1.29, 1.82) is 0 Å². The summed E-state index contributed by atoms with van der Waals surface area (Å²) in [4.78, 5) is 26.5. The van der Waals surface area contributed by atoms with Crippen molar-refractivity contribution in [3.05, 3.63) is 35.1 Å². The maximum Gasteiger partial charge on any atom is 0.243 e. The van der Waals surface area contributed by atoms with Crippen LogP contribution in [0.5, 0.6) is 0 Å². The van der Waals surface area contributed by atoms with Crippen LogP contribution in [0, 0.1) is 17.5 Å². The molecule has 1 aromatic rings. The molecule has 2 amide bonds. The normalized spacial score (nSPS) is 17.7. The van der Waals surface area contributed by atoms with E-state index in [0.717, 1.165) is 6.07 Å². The molecule has 5 nitrogen and oxygen atoms in total. The Hall–Kier alpha value is -1.39. The highest BCUT2D eigenvalue weighted by Gasteiger charge is 2.34. The SMILES string of the molecule is CC(C)(C)S.CC(C)(C)SC[C@H]1C(=O)NCCN1C(=O)C[C@H](N)Cc1cc(F)c(F)cc1F. The highest BCUT2D eigenvalue weighted by Crippen LogP contribution is 2.26. The number of amides is 2. The summed E-state index contributed by atoms with van der Waals surface area (Å²) in [6, 6.07) is -0.162. The van der Waals surface area contributed by atoms with E-state index in [0.29, 0.717) is 24.9 Å². The Morgan fingerprint density at radius 2 is 1.73 bits per heavy atom. The van der Waals surface area contributed by atoms with Crippen LogP contribution in [-0.4, -0.2) is 57.1 Å². The number of thioether (sulfide) groups is 1. The molecule has 0 bridgehead atoms. The number of nitrogens with two attached hydrogens (primary N) is 1. The lowest BCUT2D eigenvalue weighted by molar-refractivity contribution is -0.142. The van der Waals surface area contributed by atoms with Gasteiger partial charge in [-0.2, -0.15) is 24.4 Å². The standard InChI is InChI=1S/C19H26F3N3O2S.C4H10S/c1-19(2,3)28-10-16-18(27)24-4-5-25(16)17(26)8-12(23)6-11-7-14(21)15(22)9-13(11)20;1-4(2,3)5/h7,9,12,16H,4-6,8,10,23H2,1-3H3,(H,24,27);5H,1-3H3/t12-,16+;/m1./s1. The molecule has 1 fully saturated rings. The van der Waals surface area contributed by atoms with Gasteiger partial charge in [-0.25, -0.2) is 13.2 Å². The number of rotatable bonds is 6. The van der Waals surface area contributed by atoms with Crippen LogP contribution in [0.15, 0.2) is 12.1 Å². The molecule has 3 N–H and O–H groups in total. The molecule has 0 aromatic heterocycles. The van der Waals surface area contributed by atoms with Crippen molar-refractivity contribution >= 4 is 36.2 Å². The molecular formula is C23H36F3N3O2S2. The molecule has 0 spiro atoms. The zero-order valence-corrected chi connectivity index (χ0v) is 21.9. The Morgan fingerprint density at radius 3 is 2.27 bits per heavy atom. The van der Waals surface area contributed by atoms with Crippen LogP contribution in [0.4, 0.5) is 13.2 Å². The molecule has 188 valence electrons. The number of hydrogen-bond acceptors (Lipinski definition) is 5. The zero-order chi connectivity index (χ0) is 25.6. The fraction of sp³-hybridized carbons (Fsp3) is 0.652. The molecule has 2 rings (SSSR count). The molecule has 0 saturated carbocycles. The summed E-state index contributed by atoms with van der Waals surface area (Å²) in [6.45, 7) is 13.0. The quantitative estimate of drug-likeness (QED) is 0.403. The van der Waals surface area contributed by atoms with E-state index in [1.807, 2.05) is 20.8 Å². The number of thiol groups is 1. The monoisotopic (exact) mass is 507 g/mol. The Balaban J connectivity index is 0.000000981. The van der Waals surface area contributed by atoms with Crippen molar-refractivity contribution in [2.45, 2.75) is 76.0 Å². The van der Waals surface area contributed by atoms with Gasteiger partial charge in [0.15, 0.2) is 11.6 Å². The molecule has 1 aliphatic heterocycles. The van der Waals surface area contributed by atoms with Gasteiger partial charge in [-0.1, -0.05) is 41.5 Å². The summed E-state index contributed by atoms with van der Waals surface area (Å²) < 4.78 is 40.3. The first-order valence-electron chi connectivity index (χ1n) is 10.8. The maximum absolute atomic E-state index is 13.8. The van der Waals surface area contributed by atoms with E-state index >= 15 is 0 Å². The lowest BCUT2D eigenvalue weighted by Crippen LogP contribution is -2.59. The predicted octanol–water partition coefficient (Wildman–Crippen LogP) is 3.94. The lowest BCUT2D eigenvalue weighted by Gasteiger charge is -2.36. The first-order valence-corrected chi connectivity index (χ1v) is 12.2. The Morgan fingerprint density at radius 1 is 1.18 bits per heavy atom. The number of nitrogens with zero attached hydrogens (tertiary/aromatic N) is 1. The van der Waals surface area contributed by atoms with E-state index in [-0.39, 0.29) is 39.7 Å². The summed E-state index contributed by atoms with van der Waals surface area (Å²) in [6.07, 6.45) is -0.237. The minimum Gasteiger partial charge on any atom is -0.353 e. The Kier molecular flexibility index (Phi) is 11.1. The minimum absolute atomic E-state index is 0.0625. The van der Waals surface area contributed by atoms with Crippen LogP contribution in [-0.2, 0) is 16.0 Å². The van der Waals surface area contributed by atoms with E-state index in [2.05, 4.69) is 38.7 Å². The van der Waals surface area contributed by atoms with Crippen molar-refractivity contribution in [2.24, 2.45) is 5.73 Å². The molecule has 1 aliphatic rings. The Bertz CT molecular complexity index is 820. The summed E-state index contributed by atoms with van der Waals surface area (Å²) >= 11 is 5.70. The van der Waals surface area contributed by atoms with Crippen LogP contribution >= 0.6 is 24.4 Å². The molecule has 0 radical (unpaired) electrons. The summed E-state index contributed by atoms with van der Waals surface area (Å²) in [7, 11) is 0. The number of carbonyl (C=O) groups is 2. The van der Waals surface area contributed by atoms with Crippen molar-refractivity contribution < 1.29 is 22.8 Å². The highest BCUT2D eigenvalue weighted by atomic mass is 32.2. The van der Waals surface area contributed by atoms with E-state index in [4.69, 9.17) is 5.73 Å². The third-order valence-corrected chi connectivity index (χ3v) is 5.68. The van der Waals surface area contributed by atoms with E-state index in [1.54, 1.807) is 11.8 Å². The average Bonchev–Trinajstić information content (AvgIpc) is 2.62. The second-order valence-corrected chi connectivity index (χ2v) is 13.2. The summed E-state index contributed by atoms with van der Waals surface area (Å²) in [5.74, 6) is -3.42. The number of hydrogen-bond donors (Lipinski definition) is 3. The third kappa shape index (κ3) is 11.5. The molecule has 0 unspecified atom stereocenters. The van der Waals surface area contributed by atoms with Gasteiger partial charge < -0.3 is 16.0 Å². The molecule has 0 aliphatic carbocycles. The van der Waals surface area contributed by atoms with Gasteiger partial charge in [0, 0.05) is 46.9 Å². The van der Waals surface area contributed by atoms with Gasteiger partial charge >= 0.3 is 0 Å². The van der Waals surface area contributed by atoms with Crippen LogP contribution in [0.2, 0.25) is 0 Å². The molecule has 2 atom stereocenters. The van der Waals surface area contributed by atoms with Gasteiger partial charge in [0.25, 0.3) is 0 Å². The molecule has 33 heavy (non-hydrogen) atoms. The first kappa shape index (κ1) is 29.6. The molecule has 1 heterocycles. The van der Waals surface area contributed by atoms with Crippen LogP contribution in [0.25, 0.3) is 0 Å². The lowest BCUT2D eigenvalue weighted by atomic mass is 10.0. The molecule has 10 heteroatoms. The van der Waals surface area contributed by atoms with Crippen molar-refractivity contribution in [3.8, 4) is 0 Å².